The van der Waals surface area contributed by atoms with E-state index in [2.05, 4.69) is 65.3 Å². The van der Waals surface area contributed by atoms with E-state index >= 15 is 0 Å². The summed E-state index contributed by atoms with van der Waals surface area (Å²) in [6, 6.07) is 26.9. The Morgan fingerprint density at radius 3 is 2.42 bits per heavy atom. The number of hydrogen-bond donors (Lipinski definition) is 0. The van der Waals surface area contributed by atoms with Gasteiger partial charge in [-0.05, 0) is 42.7 Å². The van der Waals surface area contributed by atoms with Crippen molar-refractivity contribution in [1.29, 1.82) is 0 Å². The molecule has 0 aliphatic carbocycles. The molecule has 1 saturated heterocycles. The van der Waals surface area contributed by atoms with Crippen LogP contribution >= 0.6 is 11.6 Å². The lowest BCUT2D eigenvalue weighted by Crippen LogP contribution is -2.31. The van der Waals surface area contributed by atoms with Gasteiger partial charge in [-0.25, -0.2) is 14.6 Å². The average Bonchev–Trinajstić information content (AvgIpc) is 3.23. The molecular weight excluding hydrogens is 492 g/mol. The Kier molecular flexibility index (Phi) is 7.08. The molecule has 2 aromatic heterocycles. The Bertz CT molecular complexity index is 1530. The Morgan fingerprint density at radius 2 is 1.61 bits per heavy atom. The molecule has 0 bridgehead atoms. The molecule has 1 aliphatic rings. The fourth-order valence-corrected chi connectivity index (χ4v) is 5.31. The molecule has 0 unspecified atom stereocenters. The van der Waals surface area contributed by atoms with Gasteiger partial charge < -0.3 is 4.90 Å². The van der Waals surface area contributed by atoms with Gasteiger partial charge in [-0.15, -0.1) is 0 Å². The summed E-state index contributed by atoms with van der Waals surface area (Å²) in [4.78, 5) is 15.1. The fraction of sp³-hybridized carbons (Fsp3) is 0.258. The first kappa shape index (κ1) is 24.6. The highest BCUT2D eigenvalue weighted by Crippen LogP contribution is 2.28. The van der Waals surface area contributed by atoms with Gasteiger partial charge in [-0.1, -0.05) is 77.8 Å². The minimum atomic E-state index is 0.676. The molecule has 1 fully saturated rings. The van der Waals surface area contributed by atoms with Crippen molar-refractivity contribution in [2.24, 2.45) is 0 Å². The molecule has 5 aromatic rings. The normalized spacial score (nSPS) is 14.6. The van der Waals surface area contributed by atoms with Crippen molar-refractivity contribution < 1.29 is 0 Å². The number of rotatable bonds is 6. The van der Waals surface area contributed by atoms with Crippen LogP contribution in [0, 0.1) is 6.92 Å². The van der Waals surface area contributed by atoms with Gasteiger partial charge in [0.25, 0.3) is 0 Å². The zero-order chi connectivity index (χ0) is 25.9. The van der Waals surface area contributed by atoms with Crippen LogP contribution in [0.25, 0.3) is 16.7 Å². The van der Waals surface area contributed by atoms with Crippen molar-refractivity contribution in [1.82, 2.24) is 24.6 Å². The van der Waals surface area contributed by atoms with Crippen LogP contribution in [0.4, 0.5) is 5.82 Å². The summed E-state index contributed by atoms with van der Waals surface area (Å²) in [6.07, 6.45) is 3.64. The molecule has 0 radical (unpaired) electrons. The predicted molar refractivity (Wildman–Crippen MR) is 154 cm³/mol. The second-order valence-electron chi connectivity index (χ2n) is 9.96. The number of aryl methyl sites for hydroxylation is 1. The number of fused-ring (bicyclic) bond motifs is 1. The largest absolute Gasteiger partial charge is 0.355 e. The Hall–Kier alpha value is -3.74. The van der Waals surface area contributed by atoms with Crippen molar-refractivity contribution in [3.8, 4) is 5.69 Å². The summed E-state index contributed by atoms with van der Waals surface area (Å²) in [5.74, 6) is 1.78. The molecule has 0 N–H and O–H groups in total. The molecule has 0 spiro atoms. The number of aromatic nitrogens is 4. The second-order valence-corrected chi connectivity index (χ2v) is 10.4. The predicted octanol–water partition coefficient (Wildman–Crippen LogP) is 6.08. The Balaban J connectivity index is 1.33. The summed E-state index contributed by atoms with van der Waals surface area (Å²) in [5.41, 5.74) is 5.47. The van der Waals surface area contributed by atoms with Crippen LogP contribution in [0.5, 0.6) is 0 Å². The summed E-state index contributed by atoms with van der Waals surface area (Å²) >= 11 is 6.46. The highest BCUT2D eigenvalue weighted by molar-refractivity contribution is 6.31. The zero-order valence-electron chi connectivity index (χ0n) is 21.6. The third-order valence-electron chi connectivity index (χ3n) is 7.18. The van der Waals surface area contributed by atoms with E-state index in [4.69, 9.17) is 26.7 Å². The minimum Gasteiger partial charge on any atom is -0.355 e. The Morgan fingerprint density at radius 1 is 0.816 bits per heavy atom. The van der Waals surface area contributed by atoms with Gasteiger partial charge in [0, 0.05) is 44.2 Å². The summed E-state index contributed by atoms with van der Waals surface area (Å²) in [6.45, 7) is 6.75. The van der Waals surface area contributed by atoms with E-state index in [1.807, 2.05) is 41.2 Å². The minimum absolute atomic E-state index is 0.676. The van der Waals surface area contributed by atoms with Crippen LogP contribution < -0.4 is 4.90 Å². The topological polar surface area (TPSA) is 50.1 Å². The number of hydrogen-bond acceptors (Lipinski definition) is 5. The van der Waals surface area contributed by atoms with Crippen molar-refractivity contribution >= 4 is 28.5 Å². The molecule has 192 valence electrons. The number of halogens is 1. The molecule has 1 aliphatic heterocycles. The molecule has 7 heteroatoms. The number of nitrogens with zero attached hydrogens (tertiary/aromatic N) is 6. The smallest absolute Gasteiger partial charge is 0.168 e. The van der Waals surface area contributed by atoms with Gasteiger partial charge in [0.05, 0.1) is 17.3 Å². The quantitative estimate of drug-likeness (QED) is 0.270. The van der Waals surface area contributed by atoms with E-state index in [0.717, 1.165) is 72.5 Å². The lowest BCUT2D eigenvalue weighted by molar-refractivity contribution is 0.285. The number of para-hydroxylation sites is 1. The highest BCUT2D eigenvalue weighted by Gasteiger charge is 2.22. The van der Waals surface area contributed by atoms with Crippen molar-refractivity contribution in [3.63, 3.8) is 0 Å². The van der Waals surface area contributed by atoms with Crippen molar-refractivity contribution in [2.75, 3.05) is 31.1 Å². The first-order chi connectivity index (χ1) is 18.6. The molecule has 0 saturated carbocycles. The summed E-state index contributed by atoms with van der Waals surface area (Å²) < 4.78 is 1.93. The van der Waals surface area contributed by atoms with Crippen LogP contribution in [0.15, 0.2) is 85.1 Å². The molecule has 38 heavy (non-hydrogen) atoms. The van der Waals surface area contributed by atoms with Crippen molar-refractivity contribution in [3.05, 3.63) is 113 Å². The second kappa shape index (κ2) is 10.9. The van der Waals surface area contributed by atoms with Gasteiger partial charge in [0.2, 0.25) is 0 Å². The van der Waals surface area contributed by atoms with Crippen LogP contribution in [0.1, 0.15) is 28.9 Å². The Labute approximate surface area is 228 Å². The van der Waals surface area contributed by atoms with E-state index in [1.54, 1.807) is 0 Å². The van der Waals surface area contributed by atoms with Crippen LogP contribution in [0.2, 0.25) is 5.02 Å². The van der Waals surface area contributed by atoms with E-state index in [1.165, 1.54) is 16.7 Å². The molecule has 3 aromatic carbocycles. The van der Waals surface area contributed by atoms with E-state index in [9.17, 15) is 0 Å². The molecule has 0 amide bonds. The van der Waals surface area contributed by atoms with Gasteiger partial charge in [-0.3, -0.25) is 4.90 Å². The van der Waals surface area contributed by atoms with Crippen LogP contribution in [-0.4, -0.2) is 50.8 Å². The van der Waals surface area contributed by atoms with Crippen LogP contribution in [-0.2, 0) is 13.0 Å². The first-order valence-electron chi connectivity index (χ1n) is 13.2. The molecular formula is C31H31ClN6. The number of anilines is 1. The molecule has 3 heterocycles. The lowest BCUT2D eigenvalue weighted by Gasteiger charge is -2.24. The molecule has 6 rings (SSSR count). The average molecular weight is 523 g/mol. The molecule has 0 atom stereocenters. The fourth-order valence-electron chi connectivity index (χ4n) is 5.11. The van der Waals surface area contributed by atoms with Crippen molar-refractivity contribution in [2.45, 2.75) is 26.3 Å². The first-order valence-corrected chi connectivity index (χ1v) is 13.6. The van der Waals surface area contributed by atoms with E-state index < -0.39 is 0 Å². The van der Waals surface area contributed by atoms with Gasteiger partial charge in [0.1, 0.15) is 11.6 Å². The summed E-state index contributed by atoms with van der Waals surface area (Å²) in [5, 5.41) is 6.57. The standard InChI is InChI=1S/C31H31ClN6/c1-23-12-14-24(15-13-23)20-29-34-30(27-21-33-38(31(27)35-29)26-9-3-2-4-10-26)37-17-7-16-36(18-19-37)22-25-8-5-6-11-28(25)32/h2-6,8-15,21H,7,16-20,22H2,1H3. The van der Waals surface area contributed by atoms with Gasteiger partial charge >= 0.3 is 0 Å². The maximum absolute atomic E-state index is 6.46. The maximum Gasteiger partial charge on any atom is 0.168 e. The lowest BCUT2D eigenvalue weighted by atomic mass is 10.1. The van der Waals surface area contributed by atoms with Crippen LogP contribution in [0.3, 0.4) is 0 Å². The zero-order valence-corrected chi connectivity index (χ0v) is 22.3. The van der Waals surface area contributed by atoms with Gasteiger partial charge in [0.15, 0.2) is 5.65 Å². The monoisotopic (exact) mass is 522 g/mol. The van der Waals surface area contributed by atoms with E-state index in [0.29, 0.717) is 6.42 Å². The SMILES string of the molecule is Cc1ccc(Cc2nc(N3CCCN(Cc4ccccc4Cl)CC3)c3cnn(-c4ccccc4)c3n2)cc1. The third kappa shape index (κ3) is 5.28. The third-order valence-corrected chi connectivity index (χ3v) is 7.55. The summed E-state index contributed by atoms with van der Waals surface area (Å²) in [7, 11) is 0. The molecule has 6 nitrogen and oxygen atoms in total. The number of benzene rings is 3. The maximum atomic E-state index is 6.46. The highest BCUT2D eigenvalue weighted by atomic mass is 35.5. The van der Waals surface area contributed by atoms with E-state index in [-0.39, 0.29) is 0 Å². The van der Waals surface area contributed by atoms with Gasteiger partial charge in [-0.2, -0.15) is 5.10 Å².